The van der Waals surface area contributed by atoms with Gasteiger partial charge in [0.05, 0.1) is 8.07 Å². The average molecular weight is 782 g/mol. The zero-order chi connectivity index (χ0) is 38.6. The molecule has 0 N–H and O–H groups in total. The van der Waals surface area contributed by atoms with Gasteiger partial charge in [0.25, 0.3) is 0 Å². The van der Waals surface area contributed by atoms with Crippen molar-refractivity contribution in [2.75, 3.05) is 0 Å². The van der Waals surface area contributed by atoms with Gasteiger partial charge in [-0.25, -0.2) is 0 Å². The second kappa shape index (κ2) is 45.2. The lowest BCUT2D eigenvalue weighted by Crippen LogP contribution is -2.44. The highest BCUT2D eigenvalue weighted by Gasteiger charge is 2.37. The highest BCUT2D eigenvalue weighted by Crippen LogP contribution is 2.36. The third kappa shape index (κ3) is 37.8. The van der Waals surface area contributed by atoms with Crippen molar-refractivity contribution >= 4 is 19.7 Å². The van der Waals surface area contributed by atoms with Gasteiger partial charge in [-0.1, -0.05) is 316 Å². The fourth-order valence-corrected chi connectivity index (χ4v) is 15.7. The molecule has 0 aromatic carbocycles. The van der Waals surface area contributed by atoms with Crippen LogP contribution >= 0.6 is 11.6 Å². The Hall–Kier alpha value is 0.507. The molecule has 1 atom stereocenters. The molecule has 0 aromatic rings. The molecule has 0 fully saturated rings. The van der Waals surface area contributed by atoms with E-state index >= 15 is 0 Å². The van der Waals surface area contributed by atoms with E-state index in [2.05, 4.69) is 27.7 Å². The highest BCUT2D eigenvalue weighted by atomic mass is 35.5. The smallest absolute Gasteiger partial charge is 0.0739 e. The quantitative estimate of drug-likeness (QED) is 0.0328. The van der Waals surface area contributed by atoms with E-state index < -0.39 is 8.07 Å². The van der Waals surface area contributed by atoms with E-state index in [4.69, 9.17) is 11.6 Å². The van der Waals surface area contributed by atoms with E-state index in [-0.39, 0.29) is 0 Å². The molecule has 53 heavy (non-hydrogen) atoms. The molecule has 0 amide bonds. The predicted molar refractivity (Wildman–Crippen MR) is 251 cm³/mol. The van der Waals surface area contributed by atoms with E-state index in [0.717, 1.165) is 0 Å². The zero-order valence-electron chi connectivity index (χ0n) is 38.0. The molecule has 0 nitrogen and oxygen atoms in total. The molecule has 0 saturated carbocycles. The Morgan fingerprint density at radius 1 is 0.245 bits per heavy atom. The summed E-state index contributed by atoms with van der Waals surface area (Å²) in [6.45, 7) is 9.37. The minimum absolute atomic E-state index is 0.508. The topological polar surface area (TPSA) is 0 Å². The normalized spacial score (nSPS) is 12.6. The van der Waals surface area contributed by atoms with Crippen LogP contribution in [0, 0.1) is 0 Å². The molecular formula is C51H105ClSi. The molecule has 2 heteroatoms. The van der Waals surface area contributed by atoms with Crippen LogP contribution < -0.4 is 0 Å². The van der Waals surface area contributed by atoms with Gasteiger partial charge in [-0.3, -0.25) is 0 Å². The monoisotopic (exact) mass is 781 g/mol. The fourth-order valence-electron chi connectivity index (χ4n) is 9.29. The highest BCUT2D eigenvalue weighted by molar-refractivity contribution is 6.87. The second-order valence-electron chi connectivity index (χ2n) is 18.3. The van der Waals surface area contributed by atoms with Gasteiger partial charge in [0.15, 0.2) is 0 Å². The molecule has 0 aliphatic carbocycles. The van der Waals surface area contributed by atoms with Gasteiger partial charge < -0.3 is 0 Å². The first-order chi connectivity index (χ1) is 26.2. The van der Waals surface area contributed by atoms with Crippen molar-refractivity contribution in [2.24, 2.45) is 0 Å². The molecule has 0 aliphatic rings. The Morgan fingerprint density at radius 3 is 0.547 bits per heavy atom. The molecule has 0 bridgehead atoms. The summed E-state index contributed by atoms with van der Waals surface area (Å²) in [5, 5.41) is 0.508. The second-order valence-corrected chi connectivity index (χ2v) is 24.1. The molecule has 0 rings (SSSR count). The first-order valence-corrected chi connectivity index (χ1v) is 28.9. The molecule has 0 saturated heterocycles. The molecule has 0 radical (unpaired) electrons. The van der Waals surface area contributed by atoms with Gasteiger partial charge in [0.1, 0.15) is 0 Å². The SMILES string of the molecule is CCCCCCCCCCCCCCCC[Si](CCCCCCCCCCCCCCCC)(CCCCCCCCCCCCCCCC)C(Cl)CC. The molecule has 0 aliphatic heterocycles. The van der Waals surface area contributed by atoms with Crippen LogP contribution in [0.2, 0.25) is 18.1 Å². The zero-order valence-corrected chi connectivity index (χ0v) is 39.7. The molecule has 0 aromatic heterocycles. The van der Waals surface area contributed by atoms with Gasteiger partial charge in [0, 0.05) is 5.00 Å². The maximum atomic E-state index is 7.42. The van der Waals surface area contributed by atoms with Gasteiger partial charge in [0.2, 0.25) is 0 Å². The van der Waals surface area contributed by atoms with Crippen LogP contribution in [-0.2, 0) is 0 Å². The molecule has 0 spiro atoms. The Kier molecular flexibility index (Phi) is 45.6. The molecular weight excluding hydrogens is 676 g/mol. The Labute approximate surface area is 345 Å². The molecule has 1 unspecified atom stereocenters. The van der Waals surface area contributed by atoms with Crippen LogP contribution in [0.5, 0.6) is 0 Å². The summed E-state index contributed by atoms with van der Waals surface area (Å²) in [7, 11) is -1.44. The molecule has 0 heterocycles. The Bertz CT molecular complexity index is 569. The van der Waals surface area contributed by atoms with E-state index in [1.165, 1.54) is 294 Å². The summed E-state index contributed by atoms with van der Waals surface area (Å²) < 4.78 is 0. The minimum Gasteiger partial charge on any atom is -0.127 e. The van der Waals surface area contributed by atoms with E-state index in [9.17, 15) is 0 Å². The maximum Gasteiger partial charge on any atom is 0.0739 e. The summed E-state index contributed by atoms with van der Waals surface area (Å²) in [4.78, 5) is 0. The first-order valence-electron chi connectivity index (χ1n) is 25.8. The van der Waals surface area contributed by atoms with Gasteiger partial charge in [-0.2, -0.15) is 0 Å². The summed E-state index contributed by atoms with van der Waals surface area (Å²) in [5.41, 5.74) is 0. The summed E-state index contributed by atoms with van der Waals surface area (Å²) in [6.07, 6.45) is 62.7. The third-order valence-corrected chi connectivity index (χ3v) is 20.6. The number of rotatable bonds is 47. The van der Waals surface area contributed by atoms with Crippen LogP contribution in [0.3, 0.4) is 0 Å². The lowest BCUT2D eigenvalue weighted by Gasteiger charge is -2.36. The van der Waals surface area contributed by atoms with Gasteiger partial charge >= 0.3 is 0 Å². The number of hydrogen-bond donors (Lipinski definition) is 0. The van der Waals surface area contributed by atoms with Crippen LogP contribution in [-0.4, -0.2) is 13.1 Å². The van der Waals surface area contributed by atoms with Crippen LogP contribution in [0.25, 0.3) is 0 Å². The predicted octanol–water partition coefficient (Wildman–Crippen LogP) is 20.4. The standard InChI is InChI=1S/C51H105ClSi/c1-5-9-12-15-18-21-24-27-30-33-36-39-42-45-48-53(51(52)8-4,49-46-43-40-37-34-31-28-25-22-19-16-13-10-6-2)50-47-44-41-38-35-32-29-26-23-20-17-14-11-7-3/h51H,5-50H2,1-4H3. The van der Waals surface area contributed by atoms with E-state index in [1.54, 1.807) is 0 Å². The van der Waals surface area contributed by atoms with E-state index in [1.807, 2.05) is 0 Å². The lowest BCUT2D eigenvalue weighted by molar-refractivity contribution is 0.535. The minimum atomic E-state index is -1.44. The first kappa shape index (κ1) is 53.5. The van der Waals surface area contributed by atoms with Crippen molar-refractivity contribution in [1.82, 2.24) is 0 Å². The Balaban J connectivity index is 4.45. The van der Waals surface area contributed by atoms with Crippen molar-refractivity contribution in [3.8, 4) is 0 Å². The largest absolute Gasteiger partial charge is 0.127 e. The number of halogens is 1. The van der Waals surface area contributed by atoms with Crippen LogP contribution in [0.15, 0.2) is 0 Å². The van der Waals surface area contributed by atoms with Gasteiger partial charge in [-0.05, 0) is 6.42 Å². The van der Waals surface area contributed by atoms with Crippen molar-refractivity contribution in [3.05, 3.63) is 0 Å². The maximum absolute atomic E-state index is 7.42. The number of unbranched alkanes of at least 4 members (excludes halogenated alkanes) is 39. The molecule has 320 valence electrons. The van der Waals surface area contributed by atoms with Crippen LogP contribution in [0.1, 0.15) is 304 Å². The van der Waals surface area contributed by atoms with Crippen LogP contribution in [0.4, 0.5) is 0 Å². The third-order valence-electron chi connectivity index (χ3n) is 13.1. The van der Waals surface area contributed by atoms with Gasteiger partial charge in [-0.15, -0.1) is 11.6 Å². The van der Waals surface area contributed by atoms with Crippen molar-refractivity contribution in [3.63, 3.8) is 0 Å². The van der Waals surface area contributed by atoms with Crippen molar-refractivity contribution < 1.29 is 0 Å². The Morgan fingerprint density at radius 2 is 0.396 bits per heavy atom. The van der Waals surface area contributed by atoms with Crippen molar-refractivity contribution in [2.45, 2.75) is 327 Å². The number of alkyl halides is 1. The number of hydrogen-bond acceptors (Lipinski definition) is 0. The van der Waals surface area contributed by atoms with Crippen molar-refractivity contribution in [1.29, 1.82) is 0 Å². The summed E-state index contributed by atoms with van der Waals surface area (Å²) >= 11 is 7.42. The fraction of sp³-hybridized carbons (Fsp3) is 1.00. The average Bonchev–Trinajstić information content (AvgIpc) is 3.17. The lowest BCUT2D eigenvalue weighted by atomic mass is 10.0. The summed E-state index contributed by atoms with van der Waals surface area (Å²) in [6, 6.07) is 4.60. The van der Waals surface area contributed by atoms with E-state index in [0.29, 0.717) is 5.00 Å². The summed E-state index contributed by atoms with van der Waals surface area (Å²) in [5.74, 6) is 0.